The molecule has 4 aromatic rings. The summed E-state index contributed by atoms with van der Waals surface area (Å²) in [4.78, 5) is 33.2. The molecule has 0 unspecified atom stereocenters. The van der Waals surface area contributed by atoms with Gasteiger partial charge in [0, 0.05) is 35.9 Å². The fourth-order valence-electron chi connectivity index (χ4n) is 5.69. The Morgan fingerprint density at radius 2 is 1.85 bits per heavy atom. The number of imidazole rings is 1. The van der Waals surface area contributed by atoms with E-state index in [1.54, 1.807) is 6.33 Å². The van der Waals surface area contributed by atoms with Gasteiger partial charge >= 0.3 is 5.97 Å². The van der Waals surface area contributed by atoms with Crippen LogP contribution < -0.4 is 5.32 Å². The first-order chi connectivity index (χ1) is 16.0. The van der Waals surface area contributed by atoms with Gasteiger partial charge in [-0.25, -0.2) is 4.98 Å². The summed E-state index contributed by atoms with van der Waals surface area (Å²) in [6, 6.07) is 14.3. The highest BCUT2D eigenvalue weighted by Gasteiger charge is 2.55. The average Bonchev–Trinajstić information content (AvgIpc) is 3.19. The van der Waals surface area contributed by atoms with Crippen LogP contribution in [0.25, 0.3) is 16.3 Å². The molecule has 1 amide bonds. The van der Waals surface area contributed by atoms with Crippen LogP contribution in [0, 0.1) is 11.3 Å². The van der Waals surface area contributed by atoms with Gasteiger partial charge in [-0.2, -0.15) is 0 Å². The lowest BCUT2D eigenvalue weighted by atomic mass is 9.50. The number of aromatic nitrogens is 3. The van der Waals surface area contributed by atoms with Crippen molar-refractivity contribution in [2.24, 2.45) is 11.3 Å². The van der Waals surface area contributed by atoms with Crippen LogP contribution in [0.3, 0.4) is 0 Å². The summed E-state index contributed by atoms with van der Waals surface area (Å²) in [7, 11) is 0. The molecule has 2 saturated carbocycles. The fourth-order valence-corrected chi connectivity index (χ4v) is 5.69. The van der Waals surface area contributed by atoms with Gasteiger partial charge in [-0.3, -0.25) is 14.6 Å². The number of hydrogen-bond acceptors (Lipinski definition) is 4. The zero-order valence-corrected chi connectivity index (χ0v) is 18.1. The normalized spacial score (nSPS) is 23.9. The van der Waals surface area contributed by atoms with E-state index < -0.39 is 5.97 Å². The number of nitrogens with one attached hydrogen (secondary N) is 1. The highest BCUT2D eigenvalue weighted by Crippen LogP contribution is 2.58. The van der Waals surface area contributed by atoms with Crippen molar-refractivity contribution in [2.45, 2.75) is 38.1 Å². The molecule has 2 N–H and O–H groups in total. The highest BCUT2D eigenvalue weighted by molar-refractivity contribution is 6.00. The van der Waals surface area contributed by atoms with Gasteiger partial charge in [0.2, 0.25) is 0 Å². The molecular weight excluding hydrogens is 416 g/mol. The Kier molecular flexibility index (Phi) is 4.47. The van der Waals surface area contributed by atoms with E-state index in [0.717, 1.165) is 53.2 Å². The van der Waals surface area contributed by atoms with Crippen molar-refractivity contribution in [3.63, 3.8) is 0 Å². The molecule has 2 aliphatic rings. The van der Waals surface area contributed by atoms with Gasteiger partial charge in [-0.05, 0) is 54.2 Å². The van der Waals surface area contributed by atoms with E-state index in [-0.39, 0.29) is 23.3 Å². The predicted molar refractivity (Wildman–Crippen MR) is 123 cm³/mol. The molecule has 7 heteroatoms. The second-order valence-electron chi connectivity index (χ2n) is 9.60. The lowest BCUT2D eigenvalue weighted by Gasteiger charge is -2.56. The maximum Gasteiger partial charge on any atom is 0.306 e. The molecule has 3 heterocycles. The number of carbonyl (C=O) groups is 2. The van der Waals surface area contributed by atoms with Crippen LogP contribution in [0.15, 0.2) is 61.2 Å². The third-order valence-electron chi connectivity index (χ3n) is 7.32. The standard InChI is InChI=1S/C26H24N4O3/c31-24(29-21-12-26(13-21)10-19(11-26)25(32)33)22-23-17(6-3-7-30(23)15-28-22)9-20-8-16-4-1-2-5-18(16)14-27-20/h1-8,14-15,19,21H,9-13H2,(H,29,31)(H,32,33). The summed E-state index contributed by atoms with van der Waals surface area (Å²) in [5.74, 6) is -1.10. The van der Waals surface area contributed by atoms with E-state index in [9.17, 15) is 9.59 Å². The number of nitrogens with zero attached hydrogens (tertiary/aromatic N) is 3. The minimum Gasteiger partial charge on any atom is -0.481 e. The number of aliphatic carboxylic acids is 1. The Morgan fingerprint density at radius 1 is 1.06 bits per heavy atom. The van der Waals surface area contributed by atoms with Crippen LogP contribution >= 0.6 is 0 Å². The first kappa shape index (κ1) is 19.9. The molecule has 0 saturated heterocycles. The van der Waals surface area contributed by atoms with Crippen LogP contribution in [0.2, 0.25) is 0 Å². The van der Waals surface area contributed by atoms with Crippen LogP contribution in [0.4, 0.5) is 0 Å². The monoisotopic (exact) mass is 440 g/mol. The molecule has 1 spiro atoms. The Balaban J connectivity index is 1.21. The van der Waals surface area contributed by atoms with Crippen molar-refractivity contribution in [1.82, 2.24) is 19.7 Å². The number of carbonyl (C=O) groups excluding carboxylic acids is 1. The quantitative estimate of drug-likeness (QED) is 0.491. The summed E-state index contributed by atoms with van der Waals surface area (Å²) in [6.45, 7) is 0. The Bertz CT molecular complexity index is 1400. The summed E-state index contributed by atoms with van der Waals surface area (Å²) < 4.78 is 1.89. The number of hydrogen-bond donors (Lipinski definition) is 2. The van der Waals surface area contributed by atoms with Gasteiger partial charge in [0.05, 0.1) is 11.4 Å². The molecule has 0 radical (unpaired) electrons. The third-order valence-corrected chi connectivity index (χ3v) is 7.32. The predicted octanol–water partition coefficient (Wildman–Crippen LogP) is 3.85. The van der Waals surface area contributed by atoms with E-state index in [1.165, 1.54) is 0 Å². The Labute approximate surface area is 190 Å². The first-order valence-corrected chi connectivity index (χ1v) is 11.3. The fraction of sp³-hybridized carbons (Fsp3) is 0.308. The summed E-state index contributed by atoms with van der Waals surface area (Å²) in [5.41, 5.74) is 3.27. The minimum atomic E-state index is -0.703. The second-order valence-corrected chi connectivity index (χ2v) is 9.60. The summed E-state index contributed by atoms with van der Waals surface area (Å²) >= 11 is 0. The van der Waals surface area contributed by atoms with Gasteiger partial charge < -0.3 is 14.8 Å². The van der Waals surface area contributed by atoms with Gasteiger partial charge in [-0.1, -0.05) is 30.3 Å². The van der Waals surface area contributed by atoms with E-state index >= 15 is 0 Å². The van der Waals surface area contributed by atoms with Gasteiger partial charge in [-0.15, -0.1) is 0 Å². The van der Waals surface area contributed by atoms with Crippen molar-refractivity contribution >= 4 is 28.2 Å². The maximum absolute atomic E-state index is 13.1. The molecule has 0 aliphatic heterocycles. The lowest BCUT2D eigenvalue weighted by molar-refractivity contribution is -0.155. The van der Waals surface area contributed by atoms with E-state index in [1.807, 2.05) is 47.1 Å². The molecule has 1 aromatic carbocycles. The Hall–Kier alpha value is -3.74. The maximum atomic E-state index is 13.1. The molecule has 33 heavy (non-hydrogen) atoms. The van der Waals surface area contributed by atoms with E-state index in [2.05, 4.69) is 27.4 Å². The smallest absolute Gasteiger partial charge is 0.306 e. The van der Waals surface area contributed by atoms with Crippen molar-refractivity contribution < 1.29 is 14.7 Å². The number of fused-ring (bicyclic) bond motifs is 2. The second kappa shape index (κ2) is 7.40. The van der Waals surface area contributed by atoms with E-state index in [4.69, 9.17) is 5.11 Å². The zero-order valence-electron chi connectivity index (χ0n) is 18.1. The molecular formula is C26H24N4O3. The first-order valence-electron chi connectivity index (χ1n) is 11.3. The number of carboxylic acids is 1. The number of amides is 1. The number of carboxylic acid groups (broad SMARTS) is 1. The van der Waals surface area contributed by atoms with Crippen molar-refractivity contribution in [3.05, 3.63) is 78.1 Å². The average molecular weight is 441 g/mol. The van der Waals surface area contributed by atoms with Gasteiger partial charge in [0.1, 0.15) is 6.33 Å². The SMILES string of the molecule is O=C(NC1CC2(C1)CC(C(=O)O)C2)c1ncn2cccc(Cc3cc4ccccc4cn3)c12. The molecule has 6 rings (SSSR count). The number of benzene rings is 1. The van der Waals surface area contributed by atoms with E-state index in [0.29, 0.717) is 12.1 Å². The van der Waals surface area contributed by atoms with Crippen LogP contribution in [0.1, 0.15) is 47.4 Å². The van der Waals surface area contributed by atoms with Gasteiger partial charge in [0.15, 0.2) is 5.69 Å². The van der Waals surface area contributed by atoms with Crippen LogP contribution in [0.5, 0.6) is 0 Å². The third kappa shape index (κ3) is 3.44. The molecule has 0 atom stereocenters. The largest absolute Gasteiger partial charge is 0.481 e. The van der Waals surface area contributed by atoms with Crippen molar-refractivity contribution in [1.29, 1.82) is 0 Å². The lowest BCUT2D eigenvalue weighted by Crippen LogP contribution is -2.57. The number of pyridine rings is 2. The number of rotatable bonds is 5. The van der Waals surface area contributed by atoms with Crippen molar-refractivity contribution in [3.8, 4) is 0 Å². The molecule has 2 aliphatic carbocycles. The van der Waals surface area contributed by atoms with Crippen LogP contribution in [-0.4, -0.2) is 37.4 Å². The zero-order chi connectivity index (χ0) is 22.6. The molecule has 166 valence electrons. The summed E-state index contributed by atoms with van der Waals surface area (Å²) in [5, 5.41) is 14.5. The minimum absolute atomic E-state index is 0.0818. The topological polar surface area (TPSA) is 96.6 Å². The molecule has 2 fully saturated rings. The Morgan fingerprint density at radius 3 is 2.64 bits per heavy atom. The van der Waals surface area contributed by atoms with Crippen LogP contribution in [-0.2, 0) is 11.2 Å². The molecule has 3 aromatic heterocycles. The molecule has 0 bridgehead atoms. The van der Waals surface area contributed by atoms with Crippen molar-refractivity contribution in [2.75, 3.05) is 0 Å². The highest BCUT2D eigenvalue weighted by atomic mass is 16.4. The summed E-state index contributed by atoms with van der Waals surface area (Å²) in [6.07, 6.45) is 9.21. The molecule has 7 nitrogen and oxygen atoms in total. The van der Waals surface area contributed by atoms with Gasteiger partial charge in [0.25, 0.3) is 5.91 Å².